The van der Waals surface area contributed by atoms with Crippen molar-refractivity contribution in [2.45, 2.75) is 76.0 Å². The Hall–Kier alpha value is -4.87. The highest BCUT2D eigenvalue weighted by molar-refractivity contribution is 5.91. The Labute approximate surface area is 286 Å². The molecule has 3 aromatic rings. The highest BCUT2D eigenvalue weighted by Crippen LogP contribution is 2.29. The van der Waals surface area contributed by atoms with E-state index in [9.17, 15) is 24.0 Å². The lowest BCUT2D eigenvalue weighted by molar-refractivity contribution is -0.256. The fourth-order valence-corrected chi connectivity index (χ4v) is 5.21. The second-order valence-electron chi connectivity index (χ2n) is 11.5. The molecule has 1 heterocycles. The first-order chi connectivity index (χ1) is 23.9. The Morgan fingerprint density at radius 2 is 1.31 bits per heavy atom. The zero-order valence-corrected chi connectivity index (χ0v) is 27.4. The minimum Gasteiger partial charge on any atom is -0.459 e. The van der Waals surface area contributed by atoms with Crippen LogP contribution in [-0.2, 0) is 33.3 Å². The number of unbranched alkanes of at least 4 members (excludes halogenated alkanes) is 4. The van der Waals surface area contributed by atoms with Crippen LogP contribution in [0.4, 0.5) is 0 Å². The van der Waals surface area contributed by atoms with Crippen LogP contribution >= 0.6 is 0 Å². The van der Waals surface area contributed by atoms with Crippen LogP contribution in [0.25, 0.3) is 0 Å². The maximum Gasteiger partial charge on any atom is 0.338 e. The Morgan fingerprint density at radius 1 is 0.714 bits per heavy atom. The lowest BCUT2D eigenvalue weighted by Gasteiger charge is -2.40. The Bertz CT molecular complexity index is 1470. The number of amides is 1. The smallest absolute Gasteiger partial charge is 0.338 e. The van der Waals surface area contributed by atoms with Gasteiger partial charge in [-0.25, -0.2) is 14.4 Å². The van der Waals surface area contributed by atoms with E-state index in [1.165, 1.54) is 0 Å². The lowest BCUT2D eigenvalue weighted by atomic mass is 10.0. The predicted molar refractivity (Wildman–Crippen MR) is 179 cm³/mol. The monoisotopic (exact) mass is 673 g/mol. The van der Waals surface area contributed by atoms with E-state index in [-0.39, 0.29) is 31.1 Å². The number of hydrogen-bond donors (Lipinski definition) is 1. The zero-order valence-electron chi connectivity index (χ0n) is 27.4. The fourth-order valence-electron chi connectivity index (χ4n) is 5.21. The number of carbonyl (C=O) groups excluding carboxylic acids is 5. The molecule has 49 heavy (non-hydrogen) atoms. The molecule has 0 bridgehead atoms. The summed E-state index contributed by atoms with van der Waals surface area (Å²) in [4.78, 5) is 61.9. The molecule has 0 aliphatic carbocycles. The molecule has 0 aromatic heterocycles. The lowest BCUT2D eigenvalue weighted by Crippen LogP contribution is -2.54. The number of benzene rings is 3. The molecule has 3 aromatic carbocycles. The minimum absolute atomic E-state index is 0.0407. The first kappa shape index (κ1) is 37.0. The summed E-state index contributed by atoms with van der Waals surface area (Å²) in [7, 11) is 0. The Morgan fingerprint density at radius 3 is 1.92 bits per heavy atom. The van der Waals surface area contributed by atoms with Gasteiger partial charge in [0.15, 0.2) is 12.4 Å². The molecule has 4 rings (SSSR count). The zero-order chi connectivity index (χ0) is 34.7. The van der Waals surface area contributed by atoms with Crippen molar-refractivity contribution < 1.29 is 47.7 Å². The van der Waals surface area contributed by atoms with Gasteiger partial charge >= 0.3 is 17.9 Å². The van der Waals surface area contributed by atoms with E-state index in [1.54, 1.807) is 91.0 Å². The van der Waals surface area contributed by atoms with Gasteiger partial charge in [-0.3, -0.25) is 4.79 Å². The average Bonchev–Trinajstić information content (AvgIpc) is 3.14. The van der Waals surface area contributed by atoms with Crippen molar-refractivity contribution >= 4 is 30.1 Å². The number of nitrogens with one attached hydrogen (secondary N) is 1. The molecule has 260 valence electrons. The average molecular weight is 674 g/mol. The molecule has 0 saturated carbocycles. The van der Waals surface area contributed by atoms with Crippen molar-refractivity contribution in [1.29, 1.82) is 0 Å². The number of hydrogen-bond acceptors (Lipinski definition) is 10. The first-order valence-electron chi connectivity index (χ1n) is 16.7. The summed E-state index contributed by atoms with van der Waals surface area (Å²) < 4.78 is 29.6. The standard InChI is InChI=1S/C38H43NO10/c40-24-14-2-1-13-23-39-33(41)22-12-15-25-45-34-26-31(48-37(43)29-18-8-4-9-19-29)35(49-38(44)30-20-10-5-11-21-30)32(47-34)27-46-36(42)28-16-6-3-7-17-28/h3-11,16-21,24,31-32,34-35H,1-2,12-15,22-23,25-27H2,(H,39,41)/t31-,32-,34-,35-/m1/s1. The van der Waals surface area contributed by atoms with Gasteiger partial charge in [0.2, 0.25) is 5.91 Å². The van der Waals surface area contributed by atoms with E-state index in [4.69, 9.17) is 23.7 Å². The van der Waals surface area contributed by atoms with Gasteiger partial charge in [0.25, 0.3) is 0 Å². The molecule has 1 fully saturated rings. The van der Waals surface area contributed by atoms with E-state index in [0.29, 0.717) is 43.4 Å². The molecule has 11 nitrogen and oxygen atoms in total. The van der Waals surface area contributed by atoms with Crippen LogP contribution in [0.3, 0.4) is 0 Å². The van der Waals surface area contributed by atoms with Crippen molar-refractivity contribution in [3.8, 4) is 0 Å². The normalized spacial score (nSPS) is 18.5. The molecule has 0 spiro atoms. The molecule has 1 aliphatic heterocycles. The van der Waals surface area contributed by atoms with E-state index in [0.717, 1.165) is 25.5 Å². The molecular formula is C38H43NO10. The van der Waals surface area contributed by atoms with E-state index < -0.39 is 42.5 Å². The van der Waals surface area contributed by atoms with Gasteiger partial charge < -0.3 is 33.8 Å². The maximum atomic E-state index is 13.2. The summed E-state index contributed by atoms with van der Waals surface area (Å²) in [6.07, 6.45) is 1.40. The largest absolute Gasteiger partial charge is 0.459 e. The summed E-state index contributed by atoms with van der Waals surface area (Å²) in [6.45, 7) is 0.502. The summed E-state index contributed by atoms with van der Waals surface area (Å²) in [5.74, 6) is -1.94. The summed E-state index contributed by atoms with van der Waals surface area (Å²) in [6, 6.07) is 25.2. The molecule has 1 aliphatic rings. The fraction of sp³-hybridized carbons (Fsp3) is 0.395. The molecular weight excluding hydrogens is 630 g/mol. The molecule has 1 N–H and O–H groups in total. The highest BCUT2D eigenvalue weighted by atomic mass is 16.7. The van der Waals surface area contributed by atoms with E-state index in [2.05, 4.69) is 5.32 Å². The topological polar surface area (TPSA) is 144 Å². The summed E-state index contributed by atoms with van der Waals surface area (Å²) >= 11 is 0. The van der Waals surface area contributed by atoms with Gasteiger partial charge in [0.05, 0.1) is 16.7 Å². The second kappa shape index (κ2) is 20.5. The highest BCUT2D eigenvalue weighted by Gasteiger charge is 2.45. The second-order valence-corrected chi connectivity index (χ2v) is 11.5. The number of aldehydes is 1. The molecule has 4 atom stereocenters. The van der Waals surface area contributed by atoms with E-state index >= 15 is 0 Å². The van der Waals surface area contributed by atoms with Crippen LogP contribution in [0, 0.1) is 0 Å². The molecule has 1 saturated heterocycles. The number of ether oxygens (including phenoxy) is 5. The van der Waals surface area contributed by atoms with E-state index in [1.807, 2.05) is 0 Å². The number of carbonyl (C=O) groups is 5. The minimum atomic E-state index is -1.13. The third-order valence-electron chi connectivity index (χ3n) is 7.82. The van der Waals surface area contributed by atoms with Gasteiger partial charge in [0, 0.05) is 32.4 Å². The molecule has 0 unspecified atom stereocenters. The van der Waals surface area contributed by atoms with Gasteiger partial charge in [-0.2, -0.15) is 0 Å². The SMILES string of the molecule is O=CCCCCCNC(=O)CCCCO[C@H]1C[C@@H](OC(=O)c2ccccc2)[C@@H](OC(=O)c2ccccc2)[C@@H](COC(=O)c2ccccc2)O1. The van der Waals surface area contributed by atoms with Gasteiger partial charge in [-0.05, 0) is 62.1 Å². The van der Waals surface area contributed by atoms with Crippen molar-refractivity contribution in [1.82, 2.24) is 5.32 Å². The van der Waals surface area contributed by atoms with Gasteiger partial charge in [0.1, 0.15) is 25.1 Å². The molecule has 11 heteroatoms. The number of esters is 3. The van der Waals surface area contributed by atoms with Gasteiger partial charge in [-0.15, -0.1) is 0 Å². The van der Waals surface area contributed by atoms with Crippen molar-refractivity contribution in [3.05, 3.63) is 108 Å². The van der Waals surface area contributed by atoms with Crippen LogP contribution in [0.15, 0.2) is 91.0 Å². The van der Waals surface area contributed by atoms with Gasteiger partial charge in [-0.1, -0.05) is 61.0 Å². The third kappa shape index (κ3) is 12.6. The van der Waals surface area contributed by atoms with Crippen LogP contribution in [0.2, 0.25) is 0 Å². The quantitative estimate of drug-likeness (QED) is 0.0753. The van der Waals surface area contributed by atoms with Crippen molar-refractivity contribution in [2.75, 3.05) is 19.8 Å². The van der Waals surface area contributed by atoms with Crippen LogP contribution in [0.1, 0.15) is 82.4 Å². The maximum absolute atomic E-state index is 13.2. The summed E-state index contributed by atoms with van der Waals surface area (Å²) in [5.41, 5.74) is 0.930. The Balaban J connectivity index is 1.41. The van der Waals surface area contributed by atoms with Crippen LogP contribution in [-0.4, -0.2) is 74.5 Å². The molecule has 1 amide bonds. The Kier molecular flexibility index (Phi) is 15.5. The first-order valence-corrected chi connectivity index (χ1v) is 16.7. The predicted octanol–water partition coefficient (Wildman–Crippen LogP) is 5.47. The van der Waals surface area contributed by atoms with Crippen molar-refractivity contribution in [2.24, 2.45) is 0 Å². The molecule has 0 radical (unpaired) electrons. The van der Waals surface area contributed by atoms with Crippen LogP contribution < -0.4 is 5.32 Å². The third-order valence-corrected chi connectivity index (χ3v) is 7.82. The van der Waals surface area contributed by atoms with Crippen LogP contribution in [0.5, 0.6) is 0 Å². The summed E-state index contributed by atoms with van der Waals surface area (Å²) in [5, 5.41) is 2.89. The van der Waals surface area contributed by atoms with Crippen molar-refractivity contribution in [3.63, 3.8) is 0 Å². The number of rotatable bonds is 19.